The van der Waals surface area contributed by atoms with Crippen molar-refractivity contribution in [2.75, 3.05) is 6.54 Å². The summed E-state index contributed by atoms with van der Waals surface area (Å²) in [4.78, 5) is 11.8. The van der Waals surface area contributed by atoms with Crippen LogP contribution in [0, 0.1) is 0 Å². The summed E-state index contributed by atoms with van der Waals surface area (Å²) in [5.41, 5.74) is 0.656. The number of amides is 1. The second-order valence-electron chi connectivity index (χ2n) is 6.33. The third kappa shape index (κ3) is 6.62. The van der Waals surface area contributed by atoms with Gasteiger partial charge in [-0.3, -0.25) is 4.68 Å². The normalized spacial score (nSPS) is 14.6. The summed E-state index contributed by atoms with van der Waals surface area (Å²) in [7, 11) is 1.90. The fourth-order valence-corrected chi connectivity index (χ4v) is 1.87. The van der Waals surface area contributed by atoms with E-state index in [1.807, 2.05) is 47.1 Å². The number of carbonyl (C=O) groups is 1. The van der Waals surface area contributed by atoms with Gasteiger partial charge in [-0.2, -0.15) is 5.10 Å². The van der Waals surface area contributed by atoms with Crippen molar-refractivity contribution in [2.45, 2.75) is 58.7 Å². The van der Waals surface area contributed by atoms with Crippen LogP contribution in [-0.4, -0.2) is 34.1 Å². The molecule has 2 atom stereocenters. The van der Waals surface area contributed by atoms with Crippen LogP contribution in [-0.2, 0) is 11.8 Å². The van der Waals surface area contributed by atoms with Gasteiger partial charge in [-0.25, -0.2) is 4.79 Å². The van der Waals surface area contributed by atoms with E-state index in [1.165, 1.54) is 0 Å². The van der Waals surface area contributed by atoms with Crippen molar-refractivity contribution in [2.24, 2.45) is 7.05 Å². The number of alkyl carbamates (subject to hydrolysis) is 1. The van der Waals surface area contributed by atoms with Crippen LogP contribution in [0.5, 0.6) is 0 Å². The molecular weight excluding hydrogens is 268 g/mol. The van der Waals surface area contributed by atoms with E-state index in [9.17, 15) is 4.79 Å². The van der Waals surface area contributed by atoms with Gasteiger partial charge in [0.25, 0.3) is 0 Å². The summed E-state index contributed by atoms with van der Waals surface area (Å²) in [6.45, 7) is 10.4. The Morgan fingerprint density at radius 3 is 2.62 bits per heavy atom. The number of aromatic nitrogens is 2. The SMILES string of the molecule is CCC(CNC(C)c1cnn(C)c1)NC(=O)OC(C)(C)C. The maximum atomic E-state index is 11.8. The lowest BCUT2D eigenvalue weighted by molar-refractivity contribution is 0.0502. The summed E-state index contributed by atoms with van der Waals surface area (Å²) >= 11 is 0. The van der Waals surface area contributed by atoms with E-state index in [0.29, 0.717) is 6.54 Å². The van der Waals surface area contributed by atoms with Crippen LogP contribution in [0.3, 0.4) is 0 Å². The fourth-order valence-electron chi connectivity index (χ4n) is 1.87. The maximum absolute atomic E-state index is 11.8. The summed E-state index contributed by atoms with van der Waals surface area (Å²) < 4.78 is 7.06. The first-order chi connectivity index (χ1) is 9.71. The second-order valence-corrected chi connectivity index (χ2v) is 6.33. The highest BCUT2D eigenvalue weighted by Crippen LogP contribution is 2.11. The Labute approximate surface area is 127 Å². The average Bonchev–Trinajstić information content (AvgIpc) is 2.78. The van der Waals surface area contributed by atoms with Crippen molar-refractivity contribution in [3.63, 3.8) is 0 Å². The highest BCUT2D eigenvalue weighted by atomic mass is 16.6. The molecule has 0 aromatic carbocycles. The third-order valence-electron chi connectivity index (χ3n) is 3.11. The molecule has 120 valence electrons. The van der Waals surface area contributed by atoms with Gasteiger partial charge in [0.05, 0.1) is 6.20 Å². The van der Waals surface area contributed by atoms with Crippen LogP contribution in [0.1, 0.15) is 52.6 Å². The first kappa shape index (κ1) is 17.5. The molecule has 0 aliphatic carbocycles. The van der Waals surface area contributed by atoms with Crippen molar-refractivity contribution in [1.29, 1.82) is 0 Å². The standard InChI is InChI=1S/C15H28N4O2/c1-7-13(18-14(20)21-15(3,4)5)9-16-11(2)12-8-17-19(6)10-12/h8,10-11,13,16H,7,9H2,1-6H3,(H,18,20). The van der Waals surface area contributed by atoms with Crippen molar-refractivity contribution in [3.8, 4) is 0 Å². The summed E-state index contributed by atoms with van der Waals surface area (Å²) in [6, 6.07) is 0.229. The molecule has 0 fully saturated rings. The first-order valence-corrected chi connectivity index (χ1v) is 7.42. The van der Waals surface area contributed by atoms with E-state index in [0.717, 1.165) is 12.0 Å². The molecule has 2 unspecified atom stereocenters. The smallest absolute Gasteiger partial charge is 0.407 e. The van der Waals surface area contributed by atoms with Gasteiger partial charge in [0.2, 0.25) is 0 Å². The molecule has 0 saturated carbocycles. The van der Waals surface area contributed by atoms with Gasteiger partial charge in [-0.1, -0.05) is 6.92 Å². The molecule has 0 aliphatic rings. The molecule has 0 bridgehead atoms. The Hall–Kier alpha value is -1.56. The van der Waals surface area contributed by atoms with Crippen molar-refractivity contribution >= 4 is 6.09 Å². The number of carbonyl (C=O) groups excluding carboxylic acids is 1. The lowest BCUT2D eigenvalue weighted by atomic mass is 10.1. The van der Waals surface area contributed by atoms with Crippen LogP contribution >= 0.6 is 0 Å². The van der Waals surface area contributed by atoms with Gasteiger partial charge in [-0.05, 0) is 34.1 Å². The minimum Gasteiger partial charge on any atom is -0.444 e. The number of hydrogen-bond acceptors (Lipinski definition) is 4. The minimum absolute atomic E-state index is 0.0407. The van der Waals surface area contributed by atoms with Crippen LogP contribution < -0.4 is 10.6 Å². The molecule has 0 radical (unpaired) electrons. The van der Waals surface area contributed by atoms with Gasteiger partial charge in [0.15, 0.2) is 0 Å². The monoisotopic (exact) mass is 296 g/mol. The Morgan fingerprint density at radius 2 is 2.14 bits per heavy atom. The molecular formula is C15H28N4O2. The van der Waals surface area contributed by atoms with E-state index in [1.54, 1.807) is 4.68 Å². The topological polar surface area (TPSA) is 68.2 Å². The Balaban J connectivity index is 2.42. The third-order valence-corrected chi connectivity index (χ3v) is 3.11. The van der Waals surface area contributed by atoms with Crippen LogP contribution in [0.25, 0.3) is 0 Å². The van der Waals surface area contributed by atoms with Gasteiger partial charge in [0, 0.05) is 37.4 Å². The average molecular weight is 296 g/mol. The van der Waals surface area contributed by atoms with Crippen LogP contribution in [0.15, 0.2) is 12.4 Å². The van der Waals surface area contributed by atoms with Crippen molar-refractivity contribution in [3.05, 3.63) is 18.0 Å². The summed E-state index contributed by atoms with van der Waals surface area (Å²) in [6.07, 6.45) is 4.30. The molecule has 1 aromatic rings. The number of ether oxygens (including phenoxy) is 1. The fraction of sp³-hybridized carbons (Fsp3) is 0.733. The highest BCUT2D eigenvalue weighted by molar-refractivity contribution is 5.68. The predicted octanol–water partition coefficient (Wildman–Crippen LogP) is 2.37. The molecule has 6 heteroatoms. The number of nitrogens with zero attached hydrogens (tertiary/aromatic N) is 2. The van der Waals surface area contributed by atoms with Crippen LogP contribution in [0.2, 0.25) is 0 Å². The van der Waals surface area contributed by atoms with E-state index in [-0.39, 0.29) is 18.2 Å². The van der Waals surface area contributed by atoms with Gasteiger partial charge >= 0.3 is 6.09 Å². The molecule has 1 amide bonds. The minimum atomic E-state index is -0.473. The molecule has 2 N–H and O–H groups in total. The van der Waals surface area contributed by atoms with Gasteiger partial charge in [0.1, 0.15) is 5.60 Å². The molecule has 1 heterocycles. The van der Waals surface area contributed by atoms with E-state index >= 15 is 0 Å². The van der Waals surface area contributed by atoms with Crippen LogP contribution in [0.4, 0.5) is 4.79 Å². The molecule has 0 aliphatic heterocycles. The Morgan fingerprint density at radius 1 is 1.48 bits per heavy atom. The highest BCUT2D eigenvalue weighted by Gasteiger charge is 2.19. The Kier molecular flexibility index (Phi) is 6.20. The number of rotatable bonds is 6. The van der Waals surface area contributed by atoms with E-state index in [2.05, 4.69) is 22.7 Å². The molecule has 0 saturated heterocycles. The van der Waals surface area contributed by atoms with Gasteiger partial charge in [-0.15, -0.1) is 0 Å². The zero-order valence-corrected chi connectivity index (χ0v) is 13.9. The van der Waals surface area contributed by atoms with E-state index < -0.39 is 5.60 Å². The number of hydrogen-bond donors (Lipinski definition) is 2. The number of nitrogens with one attached hydrogen (secondary N) is 2. The largest absolute Gasteiger partial charge is 0.444 e. The summed E-state index contributed by atoms with van der Waals surface area (Å²) in [5.74, 6) is 0. The van der Waals surface area contributed by atoms with E-state index in [4.69, 9.17) is 4.74 Å². The maximum Gasteiger partial charge on any atom is 0.407 e. The zero-order chi connectivity index (χ0) is 16.0. The lowest BCUT2D eigenvalue weighted by Gasteiger charge is -2.24. The molecule has 1 rings (SSSR count). The predicted molar refractivity (Wildman–Crippen MR) is 83.1 cm³/mol. The molecule has 21 heavy (non-hydrogen) atoms. The second kappa shape index (κ2) is 7.45. The molecule has 6 nitrogen and oxygen atoms in total. The summed E-state index contributed by atoms with van der Waals surface area (Å²) in [5, 5.41) is 10.5. The zero-order valence-electron chi connectivity index (χ0n) is 13.9. The molecule has 1 aromatic heterocycles. The Bertz CT molecular complexity index is 451. The lowest BCUT2D eigenvalue weighted by Crippen LogP contribution is -2.44. The van der Waals surface area contributed by atoms with Crippen molar-refractivity contribution in [1.82, 2.24) is 20.4 Å². The van der Waals surface area contributed by atoms with Gasteiger partial charge < -0.3 is 15.4 Å². The molecule has 0 spiro atoms. The van der Waals surface area contributed by atoms with Crippen molar-refractivity contribution < 1.29 is 9.53 Å². The quantitative estimate of drug-likeness (QED) is 0.845. The first-order valence-electron chi connectivity index (χ1n) is 7.42. The number of aryl methyl sites for hydroxylation is 1.